The molecule has 76 valence electrons. The Bertz CT molecular complexity index is 423. The van der Waals surface area contributed by atoms with Crippen molar-refractivity contribution < 1.29 is 4.79 Å². The second kappa shape index (κ2) is 3.87. The average molecular weight is 222 g/mol. The van der Waals surface area contributed by atoms with Gasteiger partial charge >= 0.3 is 0 Å². The number of rotatable bonds is 1. The maximum atomic E-state index is 11.6. The maximum Gasteiger partial charge on any atom is 0.229 e. The van der Waals surface area contributed by atoms with Crippen LogP contribution in [0.5, 0.6) is 0 Å². The minimum atomic E-state index is -0.0324. The van der Waals surface area contributed by atoms with Crippen molar-refractivity contribution in [2.75, 3.05) is 11.4 Å². The molecule has 0 N–H and O–H groups in total. The van der Waals surface area contributed by atoms with Gasteiger partial charge in [-0.15, -0.1) is 12.3 Å². The third-order valence-corrected chi connectivity index (χ3v) is 2.44. The lowest BCUT2D eigenvalue weighted by Crippen LogP contribution is -2.25. The number of hydrogen-bond donors (Lipinski definition) is 0. The van der Waals surface area contributed by atoms with Crippen molar-refractivity contribution in [2.45, 2.75) is 6.42 Å². The standard InChI is InChI=1S/C10H8ClN3O/c1-2-7-3-10(15)14(6-7)9-5-12-8(11)4-13-9/h1,4-5,7H,3,6H2. The molecule has 1 fully saturated rings. The maximum absolute atomic E-state index is 11.6. The predicted octanol–water partition coefficient (Wildman–Crippen LogP) is 1.12. The zero-order valence-corrected chi connectivity index (χ0v) is 8.61. The highest BCUT2D eigenvalue weighted by atomic mass is 35.5. The Balaban J connectivity index is 2.22. The fraction of sp³-hybridized carbons (Fsp3) is 0.300. The Morgan fingerprint density at radius 2 is 2.33 bits per heavy atom. The van der Waals surface area contributed by atoms with Crippen LogP contribution >= 0.6 is 11.6 Å². The Hall–Kier alpha value is -1.60. The van der Waals surface area contributed by atoms with Crippen molar-refractivity contribution in [2.24, 2.45) is 5.92 Å². The monoisotopic (exact) mass is 221 g/mol. The van der Waals surface area contributed by atoms with Crippen molar-refractivity contribution in [3.8, 4) is 12.3 Å². The van der Waals surface area contributed by atoms with Gasteiger partial charge in [0.1, 0.15) is 5.15 Å². The molecule has 4 nitrogen and oxygen atoms in total. The topological polar surface area (TPSA) is 46.1 Å². The van der Waals surface area contributed by atoms with Crippen molar-refractivity contribution in [3.63, 3.8) is 0 Å². The van der Waals surface area contributed by atoms with E-state index in [0.29, 0.717) is 23.9 Å². The molecule has 1 aliphatic heterocycles. The van der Waals surface area contributed by atoms with Gasteiger partial charge in [-0.2, -0.15) is 0 Å². The summed E-state index contributed by atoms with van der Waals surface area (Å²) in [4.78, 5) is 21.0. The number of anilines is 1. The second-order valence-electron chi connectivity index (χ2n) is 3.27. The first-order valence-electron chi connectivity index (χ1n) is 4.44. The van der Waals surface area contributed by atoms with E-state index in [1.54, 1.807) is 0 Å². The molecule has 15 heavy (non-hydrogen) atoms. The Labute approximate surface area is 92.3 Å². The van der Waals surface area contributed by atoms with Crippen LogP contribution in [0.1, 0.15) is 6.42 Å². The molecule has 0 radical (unpaired) electrons. The summed E-state index contributed by atoms with van der Waals surface area (Å²) in [7, 11) is 0. The van der Waals surface area contributed by atoms with Crippen molar-refractivity contribution in [1.82, 2.24) is 9.97 Å². The molecule has 1 unspecified atom stereocenters. The van der Waals surface area contributed by atoms with E-state index >= 15 is 0 Å². The Morgan fingerprint density at radius 3 is 2.87 bits per heavy atom. The minimum Gasteiger partial charge on any atom is -0.294 e. The summed E-state index contributed by atoms with van der Waals surface area (Å²) in [5, 5.41) is 0.305. The normalized spacial score (nSPS) is 20.4. The highest BCUT2D eigenvalue weighted by Gasteiger charge is 2.30. The molecule has 5 heteroatoms. The van der Waals surface area contributed by atoms with E-state index in [1.807, 2.05) is 0 Å². The fourth-order valence-corrected chi connectivity index (χ4v) is 1.58. The van der Waals surface area contributed by atoms with Gasteiger partial charge in [0.25, 0.3) is 0 Å². The first-order valence-corrected chi connectivity index (χ1v) is 4.82. The molecule has 1 amide bonds. The van der Waals surface area contributed by atoms with Gasteiger partial charge in [0.15, 0.2) is 5.82 Å². The fourth-order valence-electron chi connectivity index (χ4n) is 1.49. The number of carbonyl (C=O) groups is 1. The van der Waals surface area contributed by atoms with Crippen molar-refractivity contribution in [3.05, 3.63) is 17.5 Å². The van der Waals surface area contributed by atoms with Gasteiger partial charge in [-0.05, 0) is 0 Å². The van der Waals surface area contributed by atoms with Crippen LogP contribution in [-0.2, 0) is 4.79 Å². The number of hydrogen-bond acceptors (Lipinski definition) is 3. The summed E-state index contributed by atoms with van der Waals surface area (Å²) < 4.78 is 0. The van der Waals surface area contributed by atoms with Gasteiger partial charge in [0.05, 0.1) is 12.4 Å². The number of halogens is 1. The molecular weight excluding hydrogens is 214 g/mol. The van der Waals surface area contributed by atoms with Gasteiger partial charge in [0.2, 0.25) is 5.91 Å². The lowest BCUT2D eigenvalue weighted by atomic mass is 10.1. The van der Waals surface area contributed by atoms with Gasteiger partial charge in [0, 0.05) is 18.9 Å². The predicted molar refractivity (Wildman–Crippen MR) is 56.3 cm³/mol. The van der Waals surface area contributed by atoms with Crippen LogP contribution < -0.4 is 4.90 Å². The number of amides is 1. The molecule has 0 bridgehead atoms. The van der Waals surface area contributed by atoms with E-state index in [0.717, 1.165) is 0 Å². The zero-order chi connectivity index (χ0) is 10.8. The number of carbonyl (C=O) groups excluding carboxylic acids is 1. The molecule has 0 spiro atoms. The number of terminal acetylenes is 1. The van der Waals surface area contributed by atoms with Crippen LogP contribution in [-0.4, -0.2) is 22.4 Å². The van der Waals surface area contributed by atoms with Crippen LogP contribution in [0.15, 0.2) is 12.4 Å². The van der Waals surface area contributed by atoms with E-state index in [9.17, 15) is 4.79 Å². The van der Waals surface area contributed by atoms with Gasteiger partial charge in [-0.3, -0.25) is 9.69 Å². The molecular formula is C10H8ClN3O. The van der Waals surface area contributed by atoms with E-state index in [1.165, 1.54) is 17.3 Å². The molecule has 0 saturated carbocycles. The van der Waals surface area contributed by atoms with Gasteiger partial charge < -0.3 is 0 Å². The molecule has 1 saturated heterocycles. The van der Waals surface area contributed by atoms with E-state index in [4.69, 9.17) is 18.0 Å². The van der Waals surface area contributed by atoms with Crippen LogP contribution in [0, 0.1) is 18.3 Å². The zero-order valence-electron chi connectivity index (χ0n) is 7.85. The summed E-state index contributed by atoms with van der Waals surface area (Å²) in [5.74, 6) is 3.02. The second-order valence-corrected chi connectivity index (χ2v) is 3.66. The molecule has 2 rings (SSSR count). The largest absolute Gasteiger partial charge is 0.294 e. The molecule has 1 aromatic heterocycles. The number of nitrogens with zero attached hydrogens (tertiary/aromatic N) is 3. The first kappa shape index (κ1) is 9.94. The highest BCUT2D eigenvalue weighted by molar-refractivity contribution is 6.29. The van der Waals surface area contributed by atoms with Gasteiger partial charge in [-0.25, -0.2) is 9.97 Å². The summed E-state index contributed by atoms with van der Waals surface area (Å²) in [6.45, 7) is 0.506. The molecule has 1 atom stereocenters. The first-order chi connectivity index (χ1) is 7.20. The average Bonchev–Trinajstić information content (AvgIpc) is 2.61. The molecule has 2 heterocycles. The third kappa shape index (κ3) is 1.92. The summed E-state index contributed by atoms with van der Waals surface area (Å²) in [6.07, 6.45) is 8.53. The Morgan fingerprint density at radius 1 is 1.53 bits per heavy atom. The Kier molecular flexibility index (Phi) is 2.57. The molecule has 1 aliphatic rings. The lowest BCUT2D eigenvalue weighted by Gasteiger charge is -2.13. The summed E-state index contributed by atoms with van der Waals surface area (Å²) >= 11 is 5.60. The highest BCUT2D eigenvalue weighted by Crippen LogP contribution is 2.22. The van der Waals surface area contributed by atoms with E-state index in [2.05, 4.69) is 15.9 Å². The van der Waals surface area contributed by atoms with E-state index in [-0.39, 0.29) is 11.8 Å². The van der Waals surface area contributed by atoms with Crippen LogP contribution in [0.25, 0.3) is 0 Å². The smallest absolute Gasteiger partial charge is 0.229 e. The quantitative estimate of drug-likeness (QED) is 0.668. The van der Waals surface area contributed by atoms with Crippen LogP contribution in [0.4, 0.5) is 5.82 Å². The minimum absolute atomic E-state index is 0.0189. The van der Waals surface area contributed by atoms with E-state index < -0.39 is 0 Å². The third-order valence-electron chi connectivity index (χ3n) is 2.24. The summed E-state index contributed by atoms with van der Waals surface area (Å²) in [5.41, 5.74) is 0. The van der Waals surface area contributed by atoms with Crippen LogP contribution in [0.3, 0.4) is 0 Å². The molecule has 0 aromatic carbocycles. The summed E-state index contributed by atoms with van der Waals surface area (Å²) in [6, 6.07) is 0. The molecule has 0 aliphatic carbocycles. The van der Waals surface area contributed by atoms with Gasteiger partial charge in [-0.1, -0.05) is 11.6 Å². The SMILES string of the molecule is C#CC1CC(=O)N(c2cnc(Cl)cn2)C1. The van der Waals surface area contributed by atoms with Crippen molar-refractivity contribution >= 4 is 23.3 Å². The lowest BCUT2D eigenvalue weighted by molar-refractivity contribution is -0.117. The van der Waals surface area contributed by atoms with Crippen LogP contribution in [0.2, 0.25) is 5.15 Å². The van der Waals surface area contributed by atoms with Crippen molar-refractivity contribution in [1.29, 1.82) is 0 Å². The molecule has 1 aromatic rings. The number of aromatic nitrogens is 2.